The second-order valence-electron chi connectivity index (χ2n) is 4.73. The maximum absolute atomic E-state index is 12.1. The van der Waals surface area contributed by atoms with E-state index in [2.05, 4.69) is 26.8 Å². The average Bonchev–Trinajstić information content (AvgIpc) is 2.47. The van der Waals surface area contributed by atoms with Crippen molar-refractivity contribution in [1.29, 1.82) is 0 Å². The number of hydrazine groups is 1. The zero-order valence-corrected chi connectivity index (χ0v) is 13.3. The molecule has 0 saturated heterocycles. The molecule has 0 saturated carbocycles. The largest absolute Gasteiger partial charge is 0.269 e. The van der Waals surface area contributed by atoms with Gasteiger partial charge in [0.1, 0.15) is 0 Å². The van der Waals surface area contributed by atoms with Crippen LogP contribution in [0.4, 0.5) is 0 Å². The van der Waals surface area contributed by atoms with Crippen LogP contribution in [0.1, 0.15) is 31.8 Å². The molecule has 0 spiro atoms. The highest BCUT2D eigenvalue weighted by Crippen LogP contribution is 2.11. The lowest BCUT2D eigenvalue weighted by molar-refractivity contribution is 0.0846. The van der Waals surface area contributed by atoms with Crippen LogP contribution in [-0.2, 0) is 0 Å². The molecule has 0 radical (unpaired) electrons. The Morgan fingerprint density at radius 1 is 0.905 bits per heavy atom. The molecule has 21 heavy (non-hydrogen) atoms. The summed E-state index contributed by atoms with van der Waals surface area (Å²) in [4.78, 5) is 24.0. The number of carbonyl (C=O) groups excluding carboxylic acids is 2. The van der Waals surface area contributed by atoms with Gasteiger partial charge in [-0.2, -0.15) is 0 Å². The first-order chi connectivity index (χ1) is 9.97. The van der Waals surface area contributed by atoms with Gasteiger partial charge >= 0.3 is 0 Å². The molecule has 2 N–H and O–H groups in total. The van der Waals surface area contributed by atoms with Gasteiger partial charge in [-0.05, 0) is 49.7 Å². The van der Waals surface area contributed by atoms with Crippen LogP contribution in [0.5, 0.6) is 0 Å². The Labute approximate surface area is 131 Å². The third kappa shape index (κ3) is 3.92. The number of carbonyl (C=O) groups is 2. The van der Waals surface area contributed by atoms with Crippen LogP contribution in [0.25, 0.3) is 0 Å². The summed E-state index contributed by atoms with van der Waals surface area (Å²) in [6.07, 6.45) is 0. The van der Waals surface area contributed by atoms with Crippen molar-refractivity contribution in [3.05, 3.63) is 69.2 Å². The van der Waals surface area contributed by atoms with Gasteiger partial charge in [-0.25, -0.2) is 0 Å². The Morgan fingerprint density at radius 2 is 1.52 bits per heavy atom. The summed E-state index contributed by atoms with van der Waals surface area (Å²) in [5, 5.41) is 0. The zero-order valence-electron chi connectivity index (χ0n) is 11.7. The van der Waals surface area contributed by atoms with E-state index in [1.54, 1.807) is 30.3 Å². The molecule has 0 fully saturated rings. The van der Waals surface area contributed by atoms with E-state index in [4.69, 9.17) is 0 Å². The van der Waals surface area contributed by atoms with Crippen molar-refractivity contribution in [2.75, 3.05) is 0 Å². The van der Waals surface area contributed by atoms with E-state index in [1.165, 1.54) is 0 Å². The van der Waals surface area contributed by atoms with Gasteiger partial charge in [0.05, 0.1) is 0 Å². The number of amides is 2. The van der Waals surface area contributed by atoms with Crippen LogP contribution >= 0.6 is 15.9 Å². The summed E-state index contributed by atoms with van der Waals surface area (Å²) < 4.78 is 0.887. The summed E-state index contributed by atoms with van der Waals surface area (Å²) in [6.45, 7) is 3.77. The minimum absolute atomic E-state index is 0.332. The van der Waals surface area contributed by atoms with Gasteiger partial charge < -0.3 is 0 Å². The fourth-order valence-corrected chi connectivity index (χ4v) is 2.10. The lowest BCUT2D eigenvalue weighted by atomic mass is 10.1. The molecule has 2 aromatic carbocycles. The van der Waals surface area contributed by atoms with E-state index in [0.29, 0.717) is 11.1 Å². The van der Waals surface area contributed by atoms with Crippen LogP contribution < -0.4 is 10.9 Å². The number of halogens is 1. The van der Waals surface area contributed by atoms with Gasteiger partial charge in [-0.15, -0.1) is 0 Å². The first-order valence-electron chi connectivity index (χ1n) is 6.41. The Kier molecular flexibility index (Phi) is 4.75. The van der Waals surface area contributed by atoms with E-state index < -0.39 is 0 Å². The predicted molar refractivity (Wildman–Crippen MR) is 85.0 cm³/mol. The number of rotatable bonds is 2. The Morgan fingerprint density at radius 3 is 2.19 bits per heavy atom. The first kappa shape index (κ1) is 15.3. The predicted octanol–water partition coefficient (Wildman–Crippen LogP) is 3.14. The summed E-state index contributed by atoms with van der Waals surface area (Å²) >= 11 is 3.30. The van der Waals surface area contributed by atoms with E-state index >= 15 is 0 Å². The topological polar surface area (TPSA) is 58.2 Å². The normalized spacial score (nSPS) is 10.0. The van der Waals surface area contributed by atoms with Crippen molar-refractivity contribution in [3.63, 3.8) is 0 Å². The molecule has 0 unspecified atom stereocenters. The van der Waals surface area contributed by atoms with Crippen molar-refractivity contribution in [2.45, 2.75) is 13.8 Å². The molecule has 4 nitrogen and oxygen atoms in total. The van der Waals surface area contributed by atoms with Crippen LogP contribution in [0.15, 0.2) is 46.9 Å². The molecule has 2 rings (SSSR count). The number of hydrogen-bond acceptors (Lipinski definition) is 2. The summed E-state index contributed by atoms with van der Waals surface area (Å²) in [5.74, 6) is -0.692. The fraction of sp³-hybridized carbons (Fsp3) is 0.125. The smallest absolute Gasteiger partial charge is 0.267 e. The third-order valence-corrected chi connectivity index (χ3v) is 3.56. The Bertz CT molecular complexity index is 681. The molecule has 2 amide bonds. The number of nitrogens with one attached hydrogen (secondary N) is 2. The highest BCUT2D eigenvalue weighted by atomic mass is 79.9. The van der Waals surface area contributed by atoms with Crippen molar-refractivity contribution in [1.82, 2.24) is 10.9 Å². The lowest BCUT2D eigenvalue weighted by Crippen LogP contribution is -2.41. The minimum Gasteiger partial charge on any atom is -0.267 e. The lowest BCUT2D eigenvalue weighted by Gasteiger charge is -2.10. The fourth-order valence-electron chi connectivity index (χ4n) is 1.83. The molecule has 0 aromatic heterocycles. The maximum atomic E-state index is 12.1. The summed E-state index contributed by atoms with van der Waals surface area (Å²) in [7, 11) is 0. The monoisotopic (exact) mass is 346 g/mol. The second-order valence-corrected chi connectivity index (χ2v) is 5.65. The zero-order chi connectivity index (χ0) is 15.4. The molecule has 0 bridgehead atoms. The maximum Gasteiger partial charge on any atom is 0.269 e. The Balaban J connectivity index is 2.02. The van der Waals surface area contributed by atoms with E-state index in [9.17, 15) is 9.59 Å². The molecular formula is C16H15BrN2O2. The summed E-state index contributed by atoms with van der Waals surface area (Å²) in [6, 6.07) is 12.5. The van der Waals surface area contributed by atoms with Crippen molar-refractivity contribution >= 4 is 27.7 Å². The number of benzene rings is 2. The molecule has 0 heterocycles. The SMILES string of the molecule is Cc1ccc(C)c(C(=O)NNC(=O)c2ccc(Br)cc2)c1. The van der Waals surface area contributed by atoms with E-state index in [1.807, 2.05) is 26.0 Å². The van der Waals surface area contributed by atoms with E-state index in [-0.39, 0.29) is 11.8 Å². The highest BCUT2D eigenvalue weighted by molar-refractivity contribution is 9.10. The number of aryl methyl sites for hydroxylation is 2. The number of hydrogen-bond donors (Lipinski definition) is 2. The highest BCUT2D eigenvalue weighted by Gasteiger charge is 2.11. The van der Waals surface area contributed by atoms with Gasteiger partial charge in [-0.1, -0.05) is 33.6 Å². The van der Waals surface area contributed by atoms with Gasteiger partial charge in [0, 0.05) is 15.6 Å². The minimum atomic E-state index is -0.360. The molecule has 0 aliphatic heterocycles. The van der Waals surface area contributed by atoms with Gasteiger partial charge in [0.25, 0.3) is 11.8 Å². The molecular weight excluding hydrogens is 332 g/mol. The molecule has 108 valence electrons. The standard InChI is InChI=1S/C16H15BrN2O2/c1-10-3-4-11(2)14(9-10)16(21)19-18-15(20)12-5-7-13(17)8-6-12/h3-9H,1-2H3,(H,18,20)(H,19,21). The van der Waals surface area contributed by atoms with Crippen LogP contribution in [0, 0.1) is 13.8 Å². The molecule has 0 atom stereocenters. The second kappa shape index (κ2) is 6.54. The van der Waals surface area contributed by atoms with Crippen molar-refractivity contribution < 1.29 is 9.59 Å². The van der Waals surface area contributed by atoms with Crippen LogP contribution in [-0.4, -0.2) is 11.8 Å². The van der Waals surface area contributed by atoms with Gasteiger partial charge in [0.2, 0.25) is 0 Å². The third-order valence-electron chi connectivity index (χ3n) is 3.03. The van der Waals surface area contributed by atoms with Crippen LogP contribution in [0.2, 0.25) is 0 Å². The van der Waals surface area contributed by atoms with Crippen LogP contribution in [0.3, 0.4) is 0 Å². The first-order valence-corrected chi connectivity index (χ1v) is 7.20. The molecule has 0 aliphatic carbocycles. The van der Waals surface area contributed by atoms with E-state index in [0.717, 1.165) is 15.6 Å². The quantitative estimate of drug-likeness (QED) is 0.820. The molecule has 2 aromatic rings. The average molecular weight is 347 g/mol. The Hall–Kier alpha value is -2.14. The summed E-state index contributed by atoms with van der Waals surface area (Å²) in [5.41, 5.74) is 7.71. The van der Waals surface area contributed by atoms with Gasteiger partial charge in [0.15, 0.2) is 0 Å². The van der Waals surface area contributed by atoms with Gasteiger partial charge in [-0.3, -0.25) is 20.4 Å². The van der Waals surface area contributed by atoms with Crippen molar-refractivity contribution in [3.8, 4) is 0 Å². The molecule has 0 aliphatic rings. The van der Waals surface area contributed by atoms with Crippen molar-refractivity contribution in [2.24, 2.45) is 0 Å². The molecule has 5 heteroatoms.